The highest BCUT2D eigenvalue weighted by molar-refractivity contribution is 5.83. The topological polar surface area (TPSA) is 46.3 Å². The number of rotatable bonds is 3. The lowest BCUT2D eigenvalue weighted by Gasteiger charge is -2.21. The molecule has 2 aliphatic carbocycles. The van der Waals surface area contributed by atoms with Crippen LogP contribution >= 0.6 is 0 Å². The van der Waals surface area contributed by atoms with Crippen LogP contribution in [0.25, 0.3) is 0 Å². The Morgan fingerprint density at radius 3 is 2.38 bits per heavy atom. The standard InChI is InChI=1S/C21H30N2O.C2H6/c22-16-8-5-12-23(13-11-16)21(24)20-14-19(20)18-10-4-3-9-17(18)15-6-1-2-7-15;1-2/h3-4,9-10,15-16,19-20H,1-2,5-8,11-14,22H2;1-2H3. The first-order valence-electron chi connectivity index (χ1n) is 10.9. The molecule has 1 saturated heterocycles. The molecule has 1 aliphatic heterocycles. The molecular formula is C23H36N2O. The lowest BCUT2D eigenvalue weighted by Crippen LogP contribution is -2.34. The maximum absolute atomic E-state index is 12.9. The molecule has 1 aromatic carbocycles. The smallest absolute Gasteiger partial charge is 0.226 e. The first kappa shape index (κ1) is 19.4. The number of benzene rings is 1. The van der Waals surface area contributed by atoms with Crippen molar-refractivity contribution in [2.45, 2.75) is 83.1 Å². The second-order valence-corrected chi connectivity index (χ2v) is 8.08. The van der Waals surface area contributed by atoms with E-state index in [4.69, 9.17) is 5.73 Å². The molecule has 3 fully saturated rings. The maximum Gasteiger partial charge on any atom is 0.226 e. The fourth-order valence-corrected chi connectivity index (χ4v) is 4.85. The van der Waals surface area contributed by atoms with Gasteiger partial charge in [-0.05, 0) is 61.5 Å². The molecule has 1 heterocycles. The van der Waals surface area contributed by atoms with Crippen LogP contribution < -0.4 is 5.73 Å². The SMILES string of the molecule is CC.NC1CCCN(C(=O)C2CC2c2ccccc2C2CCCC2)CC1. The quantitative estimate of drug-likeness (QED) is 0.844. The number of hydrogen-bond donors (Lipinski definition) is 1. The number of likely N-dealkylation sites (tertiary alicyclic amines) is 1. The van der Waals surface area contributed by atoms with E-state index in [9.17, 15) is 4.79 Å². The first-order valence-corrected chi connectivity index (χ1v) is 10.9. The Labute approximate surface area is 159 Å². The Morgan fingerprint density at radius 2 is 1.65 bits per heavy atom. The zero-order valence-corrected chi connectivity index (χ0v) is 16.6. The van der Waals surface area contributed by atoms with Gasteiger partial charge in [-0.25, -0.2) is 0 Å². The predicted molar refractivity (Wildman–Crippen MR) is 108 cm³/mol. The predicted octanol–water partition coefficient (Wildman–Crippen LogP) is 4.81. The maximum atomic E-state index is 12.9. The Bertz CT molecular complexity index is 594. The van der Waals surface area contributed by atoms with E-state index < -0.39 is 0 Å². The van der Waals surface area contributed by atoms with Gasteiger partial charge in [0.1, 0.15) is 0 Å². The van der Waals surface area contributed by atoms with Crippen molar-refractivity contribution in [1.29, 1.82) is 0 Å². The molecule has 4 rings (SSSR count). The summed E-state index contributed by atoms with van der Waals surface area (Å²) >= 11 is 0. The minimum atomic E-state index is 0.224. The molecule has 1 aromatic rings. The normalized spacial score (nSPS) is 28.9. The van der Waals surface area contributed by atoms with Crippen molar-refractivity contribution in [3.63, 3.8) is 0 Å². The lowest BCUT2D eigenvalue weighted by atomic mass is 9.90. The summed E-state index contributed by atoms with van der Waals surface area (Å²) in [6.07, 6.45) is 9.50. The Balaban J connectivity index is 0.000000948. The second-order valence-electron chi connectivity index (χ2n) is 8.08. The van der Waals surface area contributed by atoms with E-state index in [1.165, 1.54) is 36.8 Å². The Kier molecular flexibility index (Phi) is 6.74. The van der Waals surface area contributed by atoms with Gasteiger partial charge in [0.2, 0.25) is 5.91 Å². The first-order chi connectivity index (χ1) is 12.7. The molecule has 2 N–H and O–H groups in total. The highest BCUT2D eigenvalue weighted by Crippen LogP contribution is 2.51. The summed E-state index contributed by atoms with van der Waals surface area (Å²) in [7, 11) is 0. The van der Waals surface area contributed by atoms with Crippen molar-refractivity contribution in [3.8, 4) is 0 Å². The molecule has 3 heteroatoms. The van der Waals surface area contributed by atoms with Crippen molar-refractivity contribution in [2.75, 3.05) is 13.1 Å². The summed E-state index contributed by atoms with van der Waals surface area (Å²) in [5, 5.41) is 0. The lowest BCUT2D eigenvalue weighted by molar-refractivity contribution is -0.132. The van der Waals surface area contributed by atoms with Gasteiger partial charge in [0.15, 0.2) is 0 Å². The van der Waals surface area contributed by atoms with Crippen LogP contribution in [0.5, 0.6) is 0 Å². The number of carbonyl (C=O) groups is 1. The Hall–Kier alpha value is -1.35. The summed E-state index contributed by atoms with van der Waals surface area (Å²) < 4.78 is 0. The van der Waals surface area contributed by atoms with Crippen LogP contribution in [0.3, 0.4) is 0 Å². The fourth-order valence-electron chi connectivity index (χ4n) is 4.85. The number of hydrogen-bond acceptors (Lipinski definition) is 2. The van der Waals surface area contributed by atoms with Crippen molar-refractivity contribution < 1.29 is 4.79 Å². The van der Waals surface area contributed by atoms with E-state index in [-0.39, 0.29) is 12.0 Å². The summed E-state index contributed by atoms with van der Waals surface area (Å²) in [6.45, 7) is 5.76. The Morgan fingerprint density at radius 1 is 0.962 bits per heavy atom. The van der Waals surface area contributed by atoms with Crippen LogP contribution in [0.2, 0.25) is 0 Å². The van der Waals surface area contributed by atoms with Gasteiger partial charge < -0.3 is 10.6 Å². The highest BCUT2D eigenvalue weighted by atomic mass is 16.2. The number of amides is 1. The van der Waals surface area contributed by atoms with Crippen molar-refractivity contribution in [1.82, 2.24) is 4.90 Å². The molecule has 1 amide bonds. The summed E-state index contributed by atoms with van der Waals surface area (Å²) in [5.74, 6) is 1.80. The van der Waals surface area contributed by atoms with Gasteiger partial charge in [-0.15, -0.1) is 0 Å². The largest absolute Gasteiger partial charge is 0.342 e. The van der Waals surface area contributed by atoms with Crippen molar-refractivity contribution in [3.05, 3.63) is 35.4 Å². The van der Waals surface area contributed by atoms with E-state index in [2.05, 4.69) is 29.2 Å². The molecule has 3 aliphatic rings. The molecule has 3 nitrogen and oxygen atoms in total. The van der Waals surface area contributed by atoms with Crippen LogP contribution in [-0.4, -0.2) is 29.9 Å². The third-order valence-electron chi connectivity index (χ3n) is 6.38. The van der Waals surface area contributed by atoms with Crippen LogP contribution in [0.1, 0.15) is 88.2 Å². The zero-order valence-electron chi connectivity index (χ0n) is 16.6. The molecule has 26 heavy (non-hydrogen) atoms. The molecule has 3 unspecified atom stereocenters. The van der Waals surface area contributed by atoms with Gasteiger partial charge in [0.05, 0.1) is 0 Å². The van der Waals surface area contributed by atoms with Crippen molar-refractivity contribution in [2.24, 2.45) is 11.7 Å². The van der Waals surface area contributed by atoms with Gasteiger partial charge in [0, 0.05) is 25.0 Å². The molecular weight excluding hydrogens is 320 g/mol. The fraction of sp³-hybridized carbons (Fsp3) is 0.696. The van der Waals surface area contributed by atoms with E-state index >= 15 is 0 Å². The van der Waals surface area contributed by atoms with E-state index in [0.717, 1.165) is 44.7 Å². The minimum Gasteiger partial charge on any atom is -0.342 e. The molecule has 0 aromatic heterocycles. The van der Waals surface area contributed by atoms with Gasteiger partial charge in [0.25, 0.3) is 0 Å². The number of carbonyl (C=O) groups excluding carboxylic acids is 1. The summed E-state index contributed by atoms with van der Waals surface area (Å²) in [6, 6.07) is 9.20. The molecule has 0 spiro atoms. The number of nitrogens with zero attached hydrogens (tertiary/aromatic N) is 1. The van der Waals surface area contributed by atoms with Gasteiger partial charge in [-0.1, -0.05) is 51.0 Å². The zero-order chi connectivity index (χ0) is 18.5. The van der Waals surface area contributed by atoms with Crippen molar-refractivity contribution >= 4 is 5.91 Å². The minimum absolute atomic E-state index is 0.224. The van der Waals surface area contributed by atoms with E-state index in [1.807, 2.05) is 13.8 Å². The van der Waals surface area contributed by atoms with Crippen LogP contribution in [-0.2, 0) is 4.79 Å². The monoisotopic (exact) mass is 356 g/mol. The van der Waals surface area contributed by atoms with Gasteiger partial charge >= 0.3 is 0 Å². The second kappa shape index (κ2) is 9.03. The van der Waals surface area contributed by atoms with Crippen LogP contribution in [0.4, 0.5) is 0 Å². The summed E-state index contributed by atoms with van der Waals surface area (Å²) in [5.41, 5.74) is 9.06. The highest BCUT2D eigenvalue weighted by Gasteiger charge is 2.47. The molecule has 0 bridgehead atoms. The summed E-state index contributed by atoms with van der Waals surface area (Å²) in [4.78, 5) is 15.0. The van der Waals surface area contributed by atoms with Gasteiger partial charge in [-0.2, -0.15) is 0 Å². The molecule has 2 saturated carbocycles. The third kappa shape index (κ3) is 4.31. The third-order valence-corrected chi connectivity index (χ3v) is 6.38. The average molecular weight is 357 g/mol. The molecule has 144 valence electrons. The molecule has 0 radical (unpaired) electrons. The van der Waals surface area contributed by atoms with E-state index in [1.54, 1.807) is 0 Å². The van der Waals surface area contributed by atoms with Crippen LogP contribution in [0.15, 0.2) is 24.3 Å². The number of nitrogens with two attached hydrogens (primary N) is 1. The molecule has 3 atom stereocenters. The average Bonchev–Trinajstić information content (AvgIpc) is 3.36. The van der Waals surface area contributed by atoms with Crippen LogP contribution in [0, 0.1) is 5.92 Å². The van der Waals surface area contributed by atoms with Gasteiger partial charge in [-0.3, -0.25) is 4.79 Å². The van der Waals surface area contributed by atoms with E-state index in [0.29, 0.717) is 11.8 Å².